The van der Waals surface area contributed by atoms with Crippen LogP contribution in [0.5, 0.6) is 0 Å². The van der Waals surface area contributed by atoms with Gasteiger partial charge in [-0.25, -0.2) is 0 Å². The summed E-state index contributed by atoms with van der Waals surface area (Å²) in [6.07, 6.45) is 3.54. The standard InChI is InChI=1S/C18H20N2O3/c1-13-7-9-20(10-8-13)18(22)14-4-2-5-15(12-14)19-17(21)16-6-3-11-23-16/h2-6,11-13H,7-10H2,1H3,(H,19,21). The van der Waals surface area contributed by atoms with Crippen LogP contribution in [-0.4, -0.2) is 29.8 Å². The van der Waals surface area contributed by atoms with Crippen molar-refractivity contribution in [3.63, 3.8) is 0 Å². The van der Waals surface area contributed by atoms with Crippen LogP contribution in [0.3, 0.4) is 0 Å². The number of likely N-dealkylation sites (tertiary alicyclic amines) is 1. The van der Waals surface area contributed by atoms with E-state index in [0.717, 1.165) is 25.9 Å². The van der Waals surface area contributed by atoms with Crippen LogP contribution < -0.4 is 5.32 Å². The van der Waals surface area contributed by atoms with Crippen molar-refractivity contribution in [2.24, 2.45) is 5.92 Å². The first-order chi connectivity index (χ1) is 11.1. The van der Waals surface area contributed by atoms with Gasteiger partial charge < -0.3 is 14.6 Å². The van der Waals surface area contributed by atoms with Gasteiger partial charge in [0.1, 0.15) is 0 Å². The first kappa shape index (κ1) is 15.3. The van der Waals surface area contributed by atoms with Crippen molar-refractivity contribution in [1.82, 2.24) is 4.90 Å². The van der Waals surface area contributed by atoms with Crippen molar-refractivity contribution >= 4 is 17.5 Å². The number of piperidine rings is 1. The highest BCUT2D eigenvalue weighted by molar-refractivity contribution is 6.03. The van der Waals surface area contributed by atoms with Gasteiger partial charge in [0.25, 0.3) is 11.8 Å². The van der Waals surface area contributed by atoms with Gasteiger partial charge >= 0.3 is 0 Å². The molecule has 0 aliphatic carbocycles. The van der Waals surface area contributed by atoms with Gasteiger partial charge in [-0.15, -0.1) is 0 Å². The number of carbonyl (C=O) groups is 2. The fourth-order valence-electron chi connectivity index (χ4n) is 2.72. The van der Waals surface area contributed by atoms with E-state index in [1.807, 2.05) is 4.90 Å². The van der Waals surface area contributed by atoms with Gasteiger partial charge in [0.15, 0.2) is 5.76 Å². The largest absolute Gasteiger partial charge is 0.459 e. The number of benzene rings is 1. The molecule has 1 aliphatic heterocycles. The molecule has 2 heterocycles. The first-order valence-corrected chi connectivity index (χ1v) is 7.87. The Morgan fingerprint density at radius 2 is 1.96 bits per heavy atom. The Balaban J connectivity index is 1.69. The fourth-order valence-corrected chi connectivity index (χ4v) is 2.72. The Morgan fingerprint density at radius 3 is 2.65 bits per heavy atom. The van der Waals surface area contributed by atoms with Crippen LogP contribution in [0.25, 0.3) is 0 Å². The minimum atomic E-state index is -0.327. The molecule has 1 N–H and O–H groups in total. The maximum atomic E-state index is 12.6. The number of rotatable bonds is 3. The van der Waals surface area contributed by atoms with E-state index in [2.05, 4.69) is 12.2 Å². The van der Waals surface area contributed by atoms with Crippen molar-refractivity contribution in [3.8, 4) is 0 Å². The summed E-state index contributed by atoms with van der Waals surface area (Å²) in [5, 5.41) is 2.75. The molecule has 1 aliphatic rings. The van der Waals surface area contributed by atoms with Gasteiger partial charge in [0.05, 0.1) is 6.26 Å². The molecule has 0 bridgehead atoms. The molecule has 0 unspecified atom stereocenters. The van der Waals surface area contributed by atoms with Crippen LogP contribution >= 0.6 is 0 Å². The topological polar surface area (TPSA) is 62.6 Å². The number of hydrogen-bond donors (Lipinski definition) is 1. The van der Waals surface area contributed by atoms with Crippen molar-refractivity contribution in [2.75, 3.05) is 18.4 Å². The maximum Gasteiger partial charge on any atom is 0.291 e. The second-order valence-corrected chi connectivity index (χ2v) is 5.99. The van der Waals surface area contributed by atoms with Gasteiger partial charge in [-0.05, 0) is 49.1 Å². The molecule has 0 spiro atoms. The Hall–Kier alpha value is -2.56. The molecule has 1 aromatic carbocycles. The van der Waals surface area contributed by atoms with E-state index < -0.39 is 0 Å². The molecule has 0 saturated carbocycles. The normalized spacial score (nSPS) is 15.4. The van der Waals surface area contributed by atoms with E-state index in [1.165, 1.54) is 6.26 Å². The minimum absolute atomic E-state index is 0.0194. The van der Waals surface area contributed by atoms with Crippen molar-refractivity contribution < 1.29 is 14.0 Å². The van der Waals surface area contributed by atoms with E-state index in [4.69, 9.17) is 4.42 Å². The monoisotopic (exact) mass is 312 g/mol. The molecule has 2 aromatic rings. The average Bonchev–Trinajstić information content (AvgIpc) is 3.10. The number of nitrogens with zero attached hydrogens (tertiary/aromatic N) is 1. The Bertz CT molecular complexity index is 686. The second-order valence-electron chi connectivity index (χ2n) is 5.99. The van der Waals surface area contributed by atoms with Crippen LogP contribution in [0.15, 0.2) is 47.1 Å². The van der Waals surface area contributed by atoms with Crippen LogP contribution in [0.4, 0.5) is 5.69 Å². The third-order valence-corrected chi connectivity index (χ3v) is 4.18. The van der Waals surface area contributed by atoms with E-state index in [0.29, 0.717) is 17.2 Å². The average molecular weight is 312 g/mol. The summed E-state index contributed by atoms with van der Waals surface area (Å²) in [5.74, 6) is 0.613. The van der Waals surface area contributed by atoms with Crippen LogP contribution in [0.2, 0.25) is 0 Å². The molecule has 0 radical (unpaired) electrons. The molecular formula is C18H20N2O3. The predicted octanol–water partition coefficient (Wildman–Crippen LogP) is 3.40. The number of carbonyl (C=O) groups excluding carboxylic acids is 2. The number of anilines is 1. The summed E-state index contributed by atoms with van der Waals surface area (Å²) in [6, 6.07) is 10.3. The van der Waals surface area contributed by atoms with Gasteiger partial charge in [-0.3, -0.25) is 9.59 Å². The Kier molecular flexibility index (Phi) is 4.46. The van der Waals surface area contributed by atoms with E-state index in [1.54, 1.807) is 36.4 Å². The van der Waals surface area contributed by atoms with Crippen LogP contribution in [0, 0.1) is 5.92 Å². The lowest BCUT2D eigenvalue weighted by Gasteiger charge is -2.30. The number of hydrogen-bond acceptors (Lipinski definition) is 3. The van der Waals surface area contributed by atoms with Crippen molar-refractivity contribution in [1.29, 1.82) is 0 Å². The van der Waals surface area contributed by atoms with E-state index in [-0.39, 0.29) is 17.6 Å². The van der Waals surface area contributed by atoms with Crippen molar-refractivity contribution in [3.05, 3.63) is 54.0 Å². The molecule has 1 aromatic heterocycles. The fraction of sp³-hybridized carbons (Fsp3) is 0.333. The van der Waals surface area contributed by atoms with Gasteiger partial charge in [0, 0.05) is 24.3 Å². The minimum Gasteiger partial charge on any atom is -0.459 e. The molecule has 120 valence electrons. The summed E-state index contributed by atoms with van der Waals surface area (Å²) in [7, 11) is 0. The summed E-state index contributed by atoms with van der Waals surface area (Å²) >= 11 is 0. The quantitative estimate of drug-likeness (QED) is 0.944. The summed E-state index contributed by atoms with van der Waals surface area (Å²) < 4.78 is 5.06. The van der Waals surface area contributed by atoms with Crippen molar-refractivity contribution in [2.45, 2.75) is 19.8 Å². The van der Waals surface area contributed by atoms with Gasteiger partial charge in [-0.2, -0.15) is 0 Å². The first-order valence-electron chi connectivity index (χ1n) is 7.87. The lowest BCUT2D eigenvalue weighted by molar-refractivity contribution is 0.0697. The lowest BCUT2D eigenvalue weighted by atomic mass is 9.98. The molecule has 2 amide bonds. The summed E-state index contributed by atoms with van der Waals surface area (Å²) in [6.45, 7) is 3.80. The highest BCUT2D eigenvalue weighted by Crippen LogP contribution is 2.20. The zero-order chi connectivity index (χ0) is 16.2. The Labute approximate surface area is 135 Å². The SMILES string of the molecule is CC1CCN(C(=O)c2cccc(NC(=O)c3ccco3)c2)CC1. The van der Waals surface area contributed by atoms with E-state index >= 15 is 0 Å². The molecule has 0 atom stereocenters. The molecular weight excluding hydrogens is 292 g/mol. The number of amides is 2. The summed E-state index contributed by atoms with van der Waals surface area (Å²) in [5.41, 5.74) is 1.18. The molecule has 1 fully saturated rings. The van der Waals surface area contributed by atoms with Gasteiger partial charge in [-0.1, -0.05) is 13.0 Å². The Morgan fingerprint density at radius 1 is 1.17 bits per heavy atom. The number of furan rings is 1. The third-order valence-electron chi connectivity index (χ3n) is 4.18. The zero-order valence-electron chi connectivity index (χ0n) is 13.1. The molecule has 5 heteroatoms. The highest BCUT2D eigenvalue weighted by Gasteiger charge is 2.21. The molecule has 3 rings (SSSR count). The summed E-state index contributed by atoms with van der Waals surface area (Å²) in [4.78, 5) is 26.4. The van der Waals surface area contributed by atoms with Crippen LogP contribution in [-0.2, 0) is 0 Å². The molecule has 23 heavy (non-hydrogen) atoms. The molecule has 5 nitrogen and oxygen atoms in total. The lowest BCUT2D eigenvalue weighted by Crippen LogP contribution is -2.37. The third kappa shape index (κ3) is 3.62. The maximum absolute atomic E-state index is 12.6. The van der Waals surface area contributed by atoms with Crippen LogP contribution in [0.1, 0.15) is 40.7 Å². The molecule has 1 saturated heterocycles. The second kappa shape index (κ2) is 6.69. The zero-order valence-corrected chi connectivity index (χ0v) is 13.1. The number of nitrogens with one attached hydrogen (secondary N) is 1. The highest BCUT2D eigenvalue weighted by atomic mass is 16.3. The predicted molar refractivity (Wildman–Crippen MR) is 87.4 cm³/mol. The smallest absolute Gasteiger partial charge is 0.291 e. The van der Waals surface area contributed by atoms with Gasteiger partial charge in [0.2, 0.25) is 0 Å². The van der Waals surface area contributed by atoms with E-state index in [9.17, 15) is 9.59 Å².